The minimum Gasteiger partial charge on any atom is -0.469 e. The molecule has 0 saturated carbocycles. The van der Waals surface area contributed by atoms with Crippen molar-refractivity contribution in [2.45, 2.75) is 20.3 Å². The largest absolute Gasteiger partial charge is 0.469 e. The number of nitrogens with one attached hydrogen (secondary N) is 2. The summed E-state index contributed by atoms with van der Waals surface area (Å²) in [5, 5.41) is 10.7. The highest BCUT2D eigenvalue weighted by Gasteiger charge is 2.19. The quantitative estimate of drug-likeness (QED) is 0.243. The Morgan fingerprint density at radius 2 is 1.86 bits per heavy atom. The van der Waals surface area contributed by atoms with Gasteiger partial charge in [0.2, 0.25) is 0 Å². The lowest BCUT2D eigenvalue weighted by atomic mass is 10.0. The molecule has 0 unspecified atom stereocenters. The van der Waals surface area contributed by atoms with E-state index >= 15 is 0 Å². The third-order valence-electron chi connectivity index (χ3n) is 5.32. The molecule has 184 valence electrons. The zero-order chi connectivity index (χ0) is 25.7. The number of hydrogen-bond donors (Lipinski definition) is 3. The van der Waals surface area contributed by atoms with Gasteiger partial charge in [0.1, 0.15) is 11.7 Å². The molecule has 2 aromatic carbocycles. The fourth-order valence-corrected chi connectivity index (χ4v) is 3.48. The molecule has 1 aromatic heterocycles. The second kappa shape index (κ2) is 10.8. The lowest BCUT2D eigenvalue weighted by Gasteiger charge is -2.12. The second-order valence-corrected chi connectivity index (χ2v) is 8.45. The van der Waals surface area contributed by atoms with Crippen LogP contribution in [0.2, 0.25) is 0 Å². The molecule has 0 aliphatic heterocycles. The number of rotatable bonds is 9. The Hall–Kier alpha value is -4.21. The smallest absolute Gasteiger partial charge is 0.338 e. The molecule has 0 radical (unpaired) electrons. The number of aryl methyl sites for hydroxylation is 1. The van der Waals surface area contributed by atoms with Crippen LogP contribution in [0.4, 0.5) is 0 Å². The molecule has 35 heavy (non-hydrogen) atoms. The predicted octanol–water partition coefficient (Wildman–Crippen LogP) is 2.63. The lowest BCUT2D eigenvalue weighted by molar-refractivity contribution is -0.140. The van der Waals surface area contributed by atoms with Crippen molar-refractivity contribution < 1.29 is 23.9 Å². The molecule has 10 heteroatoms. The summed E-state index contributed by atoms with van der Waals surface area (Å²) in [5.74, 6) is -0.718. The highest BCUT2D eigenvalue weighted by Crippen LogP contribution is 2.28. The highest BCUT2D eigenvalue weighted by molar-refractivity contribution is 6.04. The van der Waals surface area contributed by atoms with Gasteiger partial charge in [-0.2, -0.15) is 0 Å². The third-order valence-corrected chi connectivity index (χ3v) is 5.32. The maximum absolute atomic E-state index is 12.5. The molecule has 4 N–H and O–H groups in total. The van der Waals surface area contributed by atoms with Gasteiger partial charge in [-0.1, -0.05) is 13.8 Å². The van der Waals surface area contributed by atoms with Crippen LogP contribution in [0.1, 0.15) is 46.5 Å². The van der Waals surface area contributed by atoms with E-state index in [1.807, 2.05) is 25.5 Å². The molecule has 1 amide bonds. The summed E-state index contributed by atoms with van der Waals surface area (Å²) in [7, 11) is 3.11. The number of esters is 2. The van der Waals surface area contributed by atoms with Crippen molar-refractivity contribution >= 4 is 34.7 Å². The van der Waals surface area contributed by atoms with E-state index in [0.29, 0.717) is 40.2 Å². The van der Waals surface area contributed by atoms with E-state index in [0.717, 1.165) is 5.52 Å². The molecular formula is C25H29N5O5. The molecule has 0 fully saturated rings. The van der Waals surface area contributed by atoms with Crippen molar-refractivity contribution in [3.63, 3.8) is 0 Å². The molecule has 0 saturated heterocycles. The number of fused-ring (bicyclic) bond motifs is 1. The fraction of sp³-hybridized carbons (Fsp3) is 0.320. The monoisotopic (exact) mass is 479 g/mol. The van der Waals surface area contributed by atoms with Gasteiger partial charge in [0.25, 0.3) is 5.91 Å². The summed E-state index contributed by atoms with van der Waals surface area (Å²) in [6.45, 7) is 4.34. The van der Waals surface area contributed by atoms with Gasteiger partial charge in [-0.05, 0) is 42.3 Å². The Kier molecular flexibility index (Phi) is 7.85. The minimum atomic E-state index is -0.486. The van der Waals surface area contributed by atoms with E-state index in [2.05, 4.69) is 15.0 Å². The fourth-order valence-electron chi connectivity index (χ4n) is 3.48. The van der Waals surface area contributed by atoms with Crippen LogP contribution in [-0.2, 0) is 21.3 Å². The second-order valence-electron chi connectivity index (χ2n) is 8.45. The number of ether oxygens (including phenoxy) is 2. The Labute approximate surface area is 202 Å². The molecule has 3 aromatic rings. The Bertz CT molecular complexity index is 1290. The minimum absolute atomic E-state index is 0.0764. The first-order valence-electron chi connectivity index (χ1n) is 11.1. The summed E-state index contributed by atoms with van der Waals surface area (Å²) in [6.07, 6.45) is 0.0764. The summed E-state index contributed by atoms with van der Waals surface area (Å²) in [6, 6.07) is 9.92. The van der Waals surface area contributed by atoms with E-state index in [9.17, 15) is 14.4 Å². The van der Waals surface area contributed by atoms with Crippen LogP contribution in [0, 0.1) is 11.3 Å². The van der Waals surface area contributed by atoms with Gasteiger partial charge >= 0.3 is 11.9 Å². The van der Waals surface area contributed by atoms with Crippen molar-refractivity contribution in [1.82, 2.24) is 14.9 Å². The molecule has 0 aliphatic rings. The Morgan fingerprint density at radius 3 is 2.51 bits per heavy atom. The molecule has 3 rings (SSSR count). The Balaban J connectivity index is 1.92. The number of nitrogens with zero attached hydrogens (tertiary/aromatic N) is 2. The normalized spacial score (nSPS) is 10.9. The summed E-state index contributed by atoms with van der Waals surface area (Å²) in [4.78, 5) is 40.8. The Morgan fingerprint density at radius 1 is 1.14 bits per heavy atom. The summed E-state index contributed by atoms with van der Waals surface area (Å²) < 4.78 is 11.7. The number of benzene rings is 2. The average Bonchev–Trinajstić information content (AvgIpc) is 3.17. The maximum Gasteiger partial charge on any atom is 0.338 e. The van der Waals surface area contributed by atoms with E-state index in [4.69, 9.17) is 15.9 Å². The number of imidazole rings is 1. The topological polar surface area (TPSA) is 149 Å². The van der Waals surface area contributed by atoms with Gasteiger partial charge in [-0.3, -0.25) is 15.0 Å². The van der Waals surface area contributed by atoms with Crippen molar-refractivity contribution in [3.8, 4) is 11.4 Å². The van der Waals surface area contributed by atoms with Gasteiger partial charge in [0, 0.05) is 30.3 Å². The van der Waals surface area contributed by atoms with Crippen LogP contribution in [0.15, 0.2) is 36.4 Å². The van der Waals surface area contributed by atoms with E-state index in [-0.39, 0.29) is 30.6 Å². The number of nitrogens with two attached hydrogens (primary N) is 1. The molecular weight excluding hydrogens is 450 g/mol. The van der Waals surface area contributed by atoms with Gasteiger partial charge in [-0.15, -0.1) is 0 Å². The van der Waals surface area contributed by atoms with Crippen molar-refractivity contribution in [2.75, 3.05) is 20.3 Å². The molecule has 0 spiro atoms. The number of hydrogen-bond acceptors (Lipinski definition) is 7. The average molecular weight is 480 g/mol. The van der Waals surface area contributed by atoms with Gasteiger partial charge in [0.05, 0.1) is 36.7 Å². The summed E-state index contributed by atoms with van der Waals surface area (Å²) >= 11 is 0. The zero-order valence-corrected chi connectivity index (χ0v) is 20.2. The highest BCUT2D eigenvalue weighted by atomic mass is 16.5. The molecule has 0 atom stereocenters. The van der Waals surface area contributed by atoms with Crippen LogP contribution in [0.25, 0.3) is 22.4 Å². The third kappa shape index (κ3) is 5.84. The number of amides is 1. The van der Waals surface area contributed by atoms with Gasteiger partial charge < -0.3 is 25.1 Å². The molecule has 0 aliphatic carbocycles. The molecule has 1 heterocycles. The molecule has 0 bridgehead atoms. The number of methoxy groups -OCH3 is 1. The number of carbonyl (C=O) groups excluding carboxylic acids is 3. The molecule has 10 nitrogen and oxygen atoms in total. The van der Waals surface area contributed by atoms with E-state index < -0.39 is 11.9 Å². The zero-order valence-electron chi connectivity index (χ0n) is 20.2. The number of amidine groups is 1. The van der Waals surface area contributed by atoms with Gasteiger partial charge in [-0.25, -0.2) is 9.78 Å². The van der Waals surface area contributed by atoms with Crippen molar-refractivity contribution in [1.29, 1.82) is 5.41 Å². The van der Waals surface area contributed by atoms with E-state index in [1.165, 1.54) is 13.2 Å². The number of nitrogen functional groups attached to an aromatic ring is 1. The van der Waals surface area contributed by atoms with Crippen LogP contribution in [-0.4, -0.2) is 53.5 Å². The van der Waals surface area contributed by atoms with Crippen LogP contribution < -0.4 is 11.1 Å². The number of aromatic nitrogens is 2. The van der Waals surface area contributed by atoms with Crippen molar-refractivity contribution in [3.05, 3.63) is 53.1 Å². The first-order valence-corrected chi connectivity index (χ1v) is 11.1. The lowest BCUT2D eigenvalue weighted by Crippen LogP contribution is -2.26. The van der Waals surface area contributed by atoms with Gasteiger partial charge in [0.15, 0.2) is 0 Å². The maximum atomic E-state index is 12.5. The number of carbonyl (C=O) groups is 3. The standard InChI is InChI=1S/C25H29N5O5/c1-14(2)13-35-25(33)16-5-7-17(18(11-16)22(26)27)23-29-19-12-15(6-8-20(19)30(23)3)24(32)28-10-9-21(31)34-4/h5-8,11-12,14H,9-10,13H2,1-4H3,(H3,26,27)(H,28,32). The predicted molar refractivity (Wildman–Crippen MR) is 131 cm³/mol. The summed E-state index contributed by atoms with van der Waals surface area (Å²) in [5.41, 5.74) is 8.78. The van der Waals surface area contributed by atoms with Crippen LogP contribution in [0.5, 0.6) is 0 Å². The van der Waals surface area contributed by atoms with Crippen LogP contribution >= 0.6 is 0 Å². The first kappa shape index (κ1) is 25.4. The first-order chi connectivity index (χ1) is 16.6. The van der Waals surface area contributed by atoms with E-state index in [1.54, 1.807) is 30.3 Å². The van der Waals surface area contributed by atoms with Crippen molar-refractivity contribution in [2.24, 2.45) is 18.7 Å². The van der Waals surface area contributed by atoms with Crippen LogP contribution in [0.3, 0.4) is 0 Å². The SMILES string of the molecule is COC(=O)CCNC(=O)c1ccc2c(c1)nc(-c1ccc(C(=O)OCC(C)C)cc1C(=N)N)n2C.